The number of carbonyl (C=O) groups excluding carboxylic acids is 3. The summed E-state index contributed by atoms with van der Waals surface area (Å²) in [7, 11) is 0. The van der Waals surface area contributed by atoms with E-state index in [4.69, 9.17) is 0 Å². The SMILES string of the molecule is CCCCCCC1(CCCCCC)c2cc(-c3ccc(/C=C/c4ccc(C=O)s4)s3)ccc2-c2c1c1c(c3c2C(CCCCCC)(CCCCCC)c2cc(-c4ccc(/C=C/c5ccc(C=O)s5)s4)ccc2-3)C(CCCCCC)(CCCCCC)c2cc(-c3ccc(/C=C/c4ccc(C=O)s4)s3)ccc2-1. The molecule has 3 aliphatic carbocycles. The fourth-order valence-corrected chi connectivity index (χ4v) is 23.1. The number of benzene rings is 4. The highest BCUT2D eigenvalue weighted by Gasteiger charge is 2.58. The quantitative estimate of drug-likeness (QED) is 0.0283. The average Bonchev–Trinajstić information content (AvgIpc) is 1.48. The van der Waals surface area contributed by atoms with Crippen LogP contribution in [0.15, 0.2) is 127 Å². The molecular formula is C96H108O3S6. The third-order valence-electron chi connectivity index (χ3n) is 23.4. The van der Waals surface area contributed by atoms with Gasteiger partial charge in [0.2, 0.25) is 0 Å². The Kier molecular flexibility index (Phi) is 26.2. The van der Waals surface area contributed by atoms with Crippen LogP contribution in [0, 0.1) is 0 Å². The van der Waals surface area contributed by atoms with Crippen LogP contribution in [0.1, 0.15) is 326 Å². The first kappa shape index (κ1) is 76.5. The van der Waals surface area contributed by atoms with E-state index in [0.29, 0.717) is 0 Å². The molecule has 0 aliphatic heterocycles. The van der Waals surface area contributed by atoms with Gasteiger partial charge >= 0.3 is 0 Å². The van der Waals surface area contributed by atoms with Gasteiger partial charge in [0.1, 0.15) is 0 Å². The first-order valence-electron chi connectivity index (χ1n) is 40.3. The normalized spacial score (nSPS) is 14.2. The number of unbranched alkanes of at least 4 members (excludes halogenated alkanes) is 18. The predicted octanol–water partition coefficient (Wildman–Crippen LogP) is 31.6. The Labute approximate surface area is 652 Å². The van der Waals surface area contributed by atoms with Gasteiger partial charge in [-0.3, -0.25) is 14.4 Å². The highest BCUT2D eigenvalue weighted by atomic mass is 32.1. The van der Waals surface area contributed by atoms with Crippen LogP contribution in [-0.2, 0) is 16.2 Å². The fourth-order valence-electron chi connectivity index (χ4n) is 18.2. The third-order valence-corrected chi connectivity index (χ3v) is 29.6. The van der Waals surface area contributed by atoms with Crippen LogP contribution in [-0.4, -0.2) is 18.9 Å². The molecular weight excluding hydrogens is 1390 g/mol. The summed E-state index contributed by atoms with van der Waals surface area (Å²) in [6, 6.07) is 50.0. The Morgan fingerprint density at radius 3 is 0.686 bits per heavy atom. The van der Waals surface area contributed by atoms with E-state index < -0.39 is 0 Å². The van der Waals surface area contributed by atoms with Crippen molar-refractivity contribution < 1.29 is 14.4 Å². The maximum atomic E-state index is 11.8. The van der Waals surface area contributed by atoms with E-state index in [2.05, 4.69) is 187 Å². The summed E-state index contributed by atoms with van der Waals surface area (Å²) < 4.78 is 0. The van der Waals surface area contributed by atoms with Crippen LogP contribution in [0.5, 0.6) is 0 Å². The zero-order valence-corrected chi connectivity index (χ0v) is 68.1. The van der Waals surface area contributed by atoms with E-state index in [0.717, 1.165) is 86.6 Å². The lowest BCUT2D eigenvalue weighted by Crippen LogP contribution is -2.31. The lowest BCUT2D eigenvalue weighted by molar-refractivity contribution is 0.111. The maximum absolute atomic E-state index is 11.8. The van der Waals surface area contributed by atoms with E-state index in [1.165, 1.54) is 217 Å². The molecule has 0 bridgehead atoms. The number of rotatable bonds is 42. The summed E-state index contributed by atoms with van der Waals surface area (Å²) in [5.41, 5.74) is 22.4. The Morgan fingerprint density at radius 1 is 0.248 bits per heavy atom. The minimum atomic E-state index is -0.244. The summed E-state index contributed by atoms with van der Waals surface area (Å²) >= 11 is 10.3. The van der Waals surface area contributed by atoms with Crippen LogP contribution in [0.4, 0.5) is 0 Å². The second-order valence-electron chi connectivity index (χ2n) is 30.3. The molecule has 0 spiro atoms. The number of hydrogen-bond acceptors (Lipinski definition) is 9. The van der Waals surface area contributed by atoms with Gasteiger partial charge in [-0.15, -0.1) is 68.0 Å². The minimum absolute atomic E-state index is 0.244. The van der Waals surface area contributed by atoms with Gasteiger partial charge in [-0.2, -0.15) is 0 Å². The molecule has 6 aromatic heterocycles. The number of fused-ring (bicyclic) bond motifs is 12. The standard InChI is InChI=1S/C96H108O3S6/c1-7-13-19-25-55-94(56-26-20-14-8-2)82-61-67(85-52-46-73(103-85)37-34-70-40-43-76(64-97)100-70)31-49-79(82)88-91(94)89-80-50-32-68(86-53-47-74(104-86)38-35-71-41-44-77(65-98)101-71)62-83(80)95(57-27-21-15-9-3,58-28-22-16-10-4)93(89)90-81-51-33-69(87-54-48-75(105-87)39-36-72-42-45-78(66-99)102-72)63-84(81)96(92(88)90,59-29-23-17-11-5)60-30-24-18-12-6/h31-54,61-66H,7-30,55-60H2,1-6H3/b37-34+,38-35+,39-36+. The number of thiophene rings is 6. The van der Waals surface area contributed by atoms with E-state index in [9.17, 15) is 14.4 Å². The van der Waals surface area contributed by atoms with Crippen molar-refractivity contribution in [3.8, 4) is 64.7 Å². The Hall–Kier alpha value is -6.69. The van der Waals surface area contributed by atoms with Gasteiger partial charge in [0, 0.05) is 60.1 Å². The summed E-state index contributed by atoms with van der Waals surface area (Å²) in [6.07, 6.45) is 52.2. The fraction of sp³-hybridized carbons (Fsp3) is 0.406. The van der Waals surface area contributed by atoms with E-state index >= 15 is 0 Å². The highest BCUT2D eigenvalue weighted by Crippen LogP contribution is 2.72. The minimum Gasteiger partial charge on any atom is -0.297 e. The average molecular weight is 1500 g/mol. The lowest BCUT2D eigenvalue weighted by Gasteiger charge is -2.40. The third kappa shape index (κ3) is 16.2. The van der Waals surface area contributed by atoms with Gasteiger partial charge < -0.3 is 0 Å². The van der Waals surface area contributed by atoms with Gasteiger partial charge in [-0.25, -0.2) is 0 Å². The molecule has 6 heterocycles. The van der Waals surface area contributed by atoms with Crippen molar-refractivity contribution in [1.82, 2.24) is 0 Å². The first-order chi connectivity index (χ1) is 51.6. The second kappa shape index (κ2) is 36.0. The van der Waals surface area contributed by atoms with Crippen LogP contribution in [0.2, 0.25) is 0 Å². The number of carbonyl (C=O) groups is 3. The summed E-state index contributed by atoms with van der Waals surface area (Å²) in [4.78, 5) is 48.4. The summed E-state index contributed by atoms with van der Waals surface area (Å²) in [6.45, 7) is 14.4. The molecule has 0 radical (unpaired) electrons. The topological polar surface area (TPSA) is 51.2 Å². The van der Waals surface area contributed by atoms with Crippen molar-refractivity contribution in [2.45, 2.75) is 250 Å². The van der Waals surface area contributed by atoms with Crippen LogP contribution >= 0.6 is 68.0 Å². The maximum Gasteiger partial charge on any atom is 0.160 e. The van der Waals surface area contributed by atoms with Gasteiger partial charge in [-0.1, -0.05) is 232 Å². The molecule has 0 unspecified atom stereocenters. The van der Waals surface area contributed by atoms with Crippen molar-refractivity contribution in [1.29, 1.82) is 0 Å². The van der Waals surface area contributed by atoms with Crippen molar-refractivity contribution in [3.05, 3.63) is 205 Å². The van der Waals surface area contributed by atoms with Crippen molar-refractivity contribution in [2.24, 2.45) is 0 Å². The van der Waals surface area contributed by atoms with Gasteiger partial charge in [-0.05, 0) is 249 Å². The largest absolute Gasteiger partial charge is 0.297 e. The molecule has 10 aromatic rings. The molecule has 105 heavy (non-hydrogen) atoms. The summed E-state index contributed by atoms with van der Waals surface area (Å²) in [5.74, 6) is 0. The Morgan fingerprint density at radius 2 is 0.467 bits per heavy atom. The summed E-state index contributed by atoms with van der Waals surface area (Å²) in [5, 5.41) is 0. The smallest absolute Gasteiger partial charge is 0.160 e. The molecule has 0 amide bonds. The first-order valence-corrected chi connectivity index (χ1v) is 45.2. The molecule has 0 saturated heterocycles. The van der Waals surface area contributed by atoms with E-state index in [1.807, 2.05) is 52.2 Å². The van der Waals surface area contributed by atoms with Crippen molar-refractivity contribution in [3.63, 3.8) is 0 Å². The van der Waals surface area contributed by atoms with Gasteiger partial charge in [0.25, 0.3) is 0 Å². The molecule has 0 fully saturated rings. The lowest BCUT2D eigenvalue weighted by atomic mass is 9.63. The van der Waals surface area contributed by atoms with Crippen molar-refractivity contribution in [2.75, 3.05) is 0 Å². The highest BCUT2D eigenvalue weighted by molar-refractivity contribution is 7.18. The predicted molar refractivity (Wildman–Crippen MR) is 463 cm³/mol. The molecule has 0 atom stereocenters. The van der Waals surface area contributed by atoms with E-state index in [-0.39, 0.29) is 16.2 Å². The molecule has 3 nitrogen and oxygen atoms in total. The number of aldehydes is 3. The van der Waals surface area contributed by atoms with Crippen LogP contribution in [0.25, 0.3) is 101 Å². The molecule has 0 N–H and O–H groups in total. The molecule has 9 heteroatoms. The molecule has 0 saturated carbocycles. The molecule has 3 aliphatic rings. The monoisotopic (exact) mass is 1500 g/mol. The zero-order valence-electron chi connectivity index (χ0n) is 63.2. The molecule has 13 rings (SSSR count). The van der Waals surface area contributed by atoms with Gasteiger partial charge in [0.05, 0.1) is 14.6 Å². The molecule has 4 aromatic carbocycles. The van der Waals surface area contributed by atoms with Crippen LogP contribution in [0.3, 0.4) is 0 Å². The Balaban J connectivity index is 1.13. The van der Waals surface area contributed by atoms with Crippen molar-refractivity contribution >= 4 is 123 Å². The molecule has 546 valence electrons. The van der Waals surface area contributed by atoms with Gasteiger partial charge in [0.15, 0.2) is 18.9 Å². The zero-order chi connectivity index (χ0) is 72.8. The van der Waals surface area contributed by atoms with E-state index in [1.54, 1.807) is 84.1 Å². The second-order valence-corrected chi connectivity index (χ2v) is 37.1. The number of hydrogen-bond donors (Lipinski definition) is 0. The Bertz CT molecular complexity index is 4180. The van der Waals surface area contributed by atoms with Crippen LogP contribution < -0.4 is 0 Å².